The van der Waals surface area contributed by atoms with Crippen LogP contribution < -0.4 is 10.1 Å². The van der Waals surface area contributed by atoms with Crippen molar-refractivity contribution in [2.24, 2.45) is 7.05 Å². The molecule has 2 aromatic rings. The molecular weight excluding hydrogens is 273 g/mol. The fraction of sp³-hybridized carbons (Fsp3) is 0.400. The van der Waals surface area contributed by atoms with Crippen molar-refractivity contribution in [1.29, 1.82) is 0 Å². The van der Waals surface area contributed by atoms with E-state index in [0.29, 0.717) is 24.5 Å². The van der Waals surface area contributed by atoms with Gasteiger partial charge < -0.3 is 15.2 Å². The molecule has 1 unspecified atom stereocenters. The summed E-state index contributed by atoms with van der Waals surface area (Å²) in [4.78, 5) is 0. The van der Waals surface area contributed by atoms with Gasteiger partial charge in [-0.15, -0.1) is 0 Å². The molecule has 114 valence electrons. The number of nitrogens with one attached hydrogen (secondary N) is 1. The van der Waals surface area contributed by atoms with Crippen LogP contribution in [0.1, 0.15) is 22.9 Å². The molecule has 6 heteroatoms. The molecule has 0 bridgehead atoms. The molecule has 0 amide bonds. The zero-order valence-corrected chi connectivity index (χ0v) is 12.4. The van der Waals surface area contributed by atoms with Crippen LogP contribution in [-0.4, -0.2) is 28.5 Å². The lowest BCUT2D eigenvalue weighted by Crippen LogP contribution is -2.21. The van der Waals surface area contributed by atoms with Crippen molar-refractivity contribution in [1.82, 2.24) is 15.1 Å². The van der Waals surface area contributed by atoms with Crippen molar-refractivity contribution in [2.75, 3.05) is 13.7 Å². The third kappa shape index (κ3) is 3.59. The predicted molar refractivity (Wildman–Crippen MR) is 77.6 cm³/mol. The molecule has 0 fully saturated rings. The van der Waals surface area contributed by atoms with Crippen LogP contribution >= 0.6 is 0 Å². The second kappa shape index (κ2) is 6.69. The number of hydrogen-bond donors (Lipinski definition) is 2. The van der Waals surface area contributed by atoms with Crippen LogP contribution in [0.4, 0.5) is 4.39 Å². The van der Waals surface area contributed by atoms with Gasteiger partial charge in [-0.1, -0.05) is 12.1 Å². The van der Waals surface area contributed by atoms with Gasteiger partial charge in [-0.3, -0.25) is 0 Å². The number of rotatable bonds is 6. The normalized spacial score (nSPS) is 12.4. The van der Waals surface area contributed by atoms with Crippen LogP contribution in [0.2, 0.25) is 0 Å². The Morgan fingerprint density at radius 2 is 2.05 bits per heavy atom. The number of hydrogen-bond acceptors (Lipinski definition) is 4. The lowest BCUT2D eigenvalue weighted by molar-refractivity contribution is 0.174. The minimum absolute atomic E-state index is 0.311. The van der Waals surface area contributed by atoms with E-state index in [9.17, 15) is 9.50 Å². The van der Waals surface area contributed by atoms with E-state index in [4.69, 9.17) is 4.74 Å². The number of halogens is 1. The van der Waals surface area contributed by atoms with Crippen molar-refractivity contribution in [3.8, 4) is 5.88 Å². The Bertz CT molecular complexity index is 596. The molecule has 1 atom stereocenters. The van der Waals surface area contributed by atoms with Gasteiger partial charge in [0.15, 0.2) is 0 Å². The summed E-state index contributed by atoms with van der Waals surface area (Å²) < 4.78 is 19.8. The summed E-state index contributed by atoms with van der Waals surface area (Å²) in [5, 5.41) is 17.5. The van der Waals surface area contributed by atoms with E-state index in [-0.39, 0.29) is 5.82 Å². The van der Waals surface area contributed by atoms with E-state index < -0.39 is 6.10 Å². The number of nitrogens with zero attached hydrogens (tertiary/aromatic N) is 2. The Balaban J connectivity index is 1.94. The third-order valence-electron chi connectivity index (χ3n) is 3.38. The zero-order chi connectivity index (χ0) is 15.4. The van der Waals surface area contributed by atoms with Gasteiger partial charge in [0.25, 0.3) is 0 Å². The van der Waals surface area contributed by atoms with Crippen molar-refractivity contribution < 1.29 is 14.2 Å². The lowest BCUT2D eigenvalue weighted by atomic mass is 10.1. The molecule has 0 aliphatic rings. The molecule has 2 N–H and O–H groups in total. The van der Waals surface area contributed by atoms with Crippen LogP contribution in [0.5, 0.6) is 5.88 Å². The van der Waals surface area contributed by atoms with E-state index in [2.05, 4.69) is 10.4 Å². The quantitative estimate of drug-likeness (QED) is 0.851. The first-order chi connectivity index (χ1) is 10.0. The minimum atomic E-state index is -0.687. The number of aliphatic hydroxyl groups excluding tert-OH is 1. The van der Waals surface area contributed by atoms with Crippen molar-refractivity contribution in [3.05, 3.63) is 46.9 Å². The molecular formula is C15H20FN3O2. The molecule has 21 heavy (non-hydrogen) atoms. The van der Waals surface area contributed by atoms with Gasteiger partial charge in [0, 0.05) is 20.1 Å². The number of methoxy groups -OCH3 is 1. The van der Waals surface area contributed by atoms with E-state index in [1.807, 2.05) is 14.0 Å². The highest BCUT2D eigenvalue weighted by molar-refractivity contribution is 5.30. The van der Waals surface area contributed by atoms with E-state index in [1.54, 1.807) is 23.9 Å². The smallest absolute Gasteiger partial charge is 0.216 e. The van der Waals surface area contributed by atoms with Gasteiger partial charge in [-0.2, -0.15) is 5.10 Å². The molecule has 1 aromatic carbocycles. The summed E-state index contributed by atoms with van der Waals surface area (Å²) in [7, 11) is 3.43. The number of benzene rings is 1. The van der Waals surface area contributed by atoms with Crippen LogP contribution in [-0.2, 0) is 13.6 Å². The van der Waals surface area contributed by atoms with Crippen molar-refractivity contribution in [2.45, 2.75) is 19.6 Å². The highest BCUT2D eigenvalue weighted by atomic mass is 19.1. The number of aryl methyl sites for hydroxylation is 2. The Morgan fingerprint density at radius 1 is 1.38 bits per heavy atom. The van der Waals surface area contributed by atoms with Crippen LogP contribution in [0.3, 0.4) is 0 Å². The molecule has 0 aliphatic carbocycles. The zero-order valence-electron chi connectivity index (χ0n) is 12.4. The largest absolute Gasteiger partial charge is 0.481 e. The fourth-order valence-electron chi connectivity index (χ4n) is 2.28. The van der Waals surface area contributed by atoms with Gasteiger partial charge in [0.05, 0.1) is 24.5 Å². The van der Waals surface area contributed by atoms with Crippen LogP contribution in [0, 0.1) is 12.7 Å². The highest BCUT2D eigenvalue weighted by Gasteiger charge is 2.14. The summed E-state index contributed by atoms with van der Waals surface area (Å²) >= 11 is 0. The molecule has 0 saturated carbocycles. The van der Waals surface area contributed by atoms with E-state index in [1.165, 1.54) is 12.1 Å². The minimum Gasteiger partial charge on any atom is -0.481 e. The molecule has 2 rings (SSSR count). The van der Waals surface area contributed by atoms with E-state index in [0.717, 1.165) is 11.3 Å². The molecule has 0 spiro atoms. The fourth-order valence-corrected chi connectivity index (χ4v) is 2.28. The number of aromatic nitrogens is 2. The van der Waals surface area contributed by atoms with Crippen LogP contribution in [0.15, 0.2) is 24.3 Å². The summed E-state index contributed by atoms with van der Waals surface area (Å²) in [5.74, 6) is 0.394. The monoisotopic (exact) mass is 293 g/mol. The predicted octanol–water partition coefficient (Wildman–Crippen LogP) is 1.70. The summed E-state index contributed by atoms with van der Waals surface area (Å²) in [6, 6.07) is 5.84. The second-order valence-corrected chi connectivity index (χ2v) is 4.90. The summed E-state index contributed by atoms with van der Waals surface area (Å²) in [5.41, 5.74) is 2.53. The Hall–Kier alpha value is -1.92. The first kappa shape index (κ1) is 15.5. The van der Waals surface area contributed by atoms with Gasteiger partial charge in [-0.25, -0.2) is 9.07 Å². The second-order valence-electron chi connectivity index (χ2n) is 4.90. The standard InChI is InChI=1S/C15H20FN3O2/c1-10-13(15(21-3)19(2)18-10)8-17-9-14(20)11-4-6-12(16)7-5-11/h4-7,14,17,20H,8-9H2,1-3H3. The molecule has 0 aliphatic heterocycles. The first-order valence-corrected chi connectivity index (χ1v) is 6.73. The molecule has 1 heterocycles. The number of ether oxygens (including phenoxy) is 1. The van der Waals surface area contributed by atoms with Gasteiger partial charge in [-0.05, 0) is 24.6 Å². The topological polar surface area (TPSA) is 59.3 Å². The summed E-state index contributed by atoms with van der Waals surface area (Å²) in [6.07, 6.45) is -0.687. The highest BCUT2D eigenvalue weighted by Crippen LogP contribution is 2.20. The molecule has 1 aromatic heterocycles. The van der Waals surface area contributed by atoms with Gasteiger partial charge in [0.2, 0.25) is 5.88 Å². The van der Waals surface area contributed by atoms with Gasteiger partial charge >= 0.3 is 0 Å². The Morgan fingerprint density at radius 3 is 2.67 bits per heavy atom. The maximum absolute atomic E-state index is 12.8. The molecule has 0 saturated heterocycles. The van der Waals surface area contributed by atoms with Crippen molar-refractivity contribution in [3.63, 3.8) is 0 Å². The van der Waals surface area contributed by atoms with Crippen molar-refractivity contribution >= 4 is 0 Å². The lowest BCUT2D eigenvalue weighted by Gasteiger charge is -2.12. The molecule has 5 nitrogen and oxygen atoms in total. The maximum atomic E-state index is 12.8. The van der Waals surface area contributed by atoms with E-state index >= 15 is 0 Å². The maximum Gasteiger partial charge on any atom is 0.216 e. The summed E-state index contributed by atoms with van der Waals surface area (Å²) in [6.45, 7) is 2.82. The Kier molecular flexibility index (Phi) is 4.93. The number of aliphatic hydroxyl groups is 1. The Labute approximate surface area is 123 Å². The SMILES string of the molecule is COc1c(CNCC(O)c2ccc(F)cc2)c(C)nn1C. The average molecular weight is 293 g/mol. The third-order valence-corrected chi connectivity index (χ3v) is 3.38. The van der Waals surface area contributed by atoms with Gasteiger partial charge in [0.1, 0.15) is 5.82 Å². The molecule has 0 radical (unpaired) electrons. The average Bonchev–Trinajstić information content (AvgIpc) is 2.73. The van der Waals surface area contributed by atoms with Crippen LogP contribution in [0.25, 0.3) is 0 Å². The first-order valence-electron chi connectivity index (χ1n) is 6.73.